The number of hydrogen-bond donors (Lipinski definition) is 1. The van der Waals surface area contributed by atoms with Crippen LogP contribution in [0.1, 0.15) is 22.5 Å². The minimum absolute atomic E-state index is 0.0957. The molecule has 5 heteroatoms. The van der Waals surface area contributed by atoms with Gasteiger partial charge in [0.25, 0.3) is 5.91 Å². The molecule has 0 saturated carbocycles. The standard InChI is InChI=1S/C16H18N2O3/c1-18(2)16(20)12-5-3-6-13(11-12)17-15(19)9-8-14-7-4-10-21-14/h3-7,10-11H,8-9H2,1-2H3,(H,17,19). The van der Waals surface area contributed by atoms with Gasteiger partial charge in [0.05, 0.1) is 6.26 Å². The van der Waals surface area contributed by atoms with Crippen molar-refractivity contribution in [3.8, 4) is 0 Å². The van der Waals surface area contributed by atoms with E-state index in [4.69, 9.17) is 4.42 Å². The highest BCUT2D eigenvalue weighted by molar-refractivity contribution is 5.97. The van der Waals surface area contributed by atoms with Crippen LogP contribution in [0.4, 0.5) is 5.69 Å². The van der Waals surface area contributed by atoms with Gasteiger partial charge in [0.2, 0.25) is 5.91 Å². The number of benzene rings is 1. The molecule has 1 aromatic heterocycles. The van der Waals surface area contributed by atoms with Gasteiger partial charge in [-0.05, 0) is 30.3 Å². The highest BCUT2D eigenvalue weighted by atomic mass is 16.3. The van der Waals surface area contributed by atoms with E-state index in [1.165, 1.54) is 4.90 Å². The van der Waals surface area contributed by atoms with Crippen molar-refractivity contribution in [2.75, 3.05) is 19.4 Å². The fourth-order valence-corrected chi connectivity index (χ4v) is 1.90. The summed E-state index contributed by atoms with van der Waals surface area (Å²) in [4.78, 5) is 25.2. The van der Waals surface area contributed by atoms with E-state index in [1.54, 1.807) is 50.7 Å². The Labute approximate surface area is 123 Å². The Balaban J connectivity index is 1.94. The molecule has 21 heavy (non-hydrogen) atoms. The van der Waals surface area contributed by atoms with Gasteiger partial charge in [0.1, 0.15) is 5.76 Å². The summed E-state index contributed by atoms with van der Waals surface area (Å²) >= 11 is 0. The molecule has 0 radical (unpaired) electrons. The molecule has 5 nitrogen and oxygen atoms in total. The maximum absolute atomic E-state index is 11.9. The van der Waals surface area contributed by atoms with Crippen molar-refractivity contribution in [2.24, 2.45) is 0 Å². The number of rotatable bonds is 5. The number of carbonyl (C=O) groups excluding carboxylic acids is 2. The summed E-state index contributed by atoms with van der Waals surface area (Å²) in [5.74, 6) is 0.573. The predicted molar refractivity (Wildman–Crippen MR) is 80.1 cm³/mol. The number of carbonyl (C=O) groups is 2. The van der Waals surface area contributed by atoms with Crippen molar-refractivity contribution in [2.45, 2.75) is 12.8 Å². The largest absolute Gasteiger partial charge is 0.469 e. The quantitative estimate of drug-likeness (QED) is 0.918. The first-order chi connectivity index (χ1) is 10.1. The first-order valence-corrected chi connectivity index (χ1v) is 6.70. The summed E-state index contributed by atoms with van der Waals surface area (Å²) in [6, 6.07) is 10.5. The van der Waals surface area contributed by atoms with Crippen LogP contribution in [-0.4, -0.2) is 30.8 Å². The zero-order valence-corrected chi connectivity index (χ0v) is 12.1. The van der Waals surface area contributed by atoms with Crippen LogP contribution < -0.4 is 5.32 Å². The molecule has 2 amide bonds. The molecular weight excluding hydrogens is 268 g/mol. The molecule has 0 bridgehead atoms. The number of nitrogens with zero attached hydrogens (tertiary/aromatic N) is 1. The minimum Gasteiger partial charge on any atom is -0.469 e. The summed E-state index contributed by atoms with van der Waals surface area (Å²) in [7, 11) is 3.38. The molecule has 0 unspecified atom stereocenters. The van der Waals surface area contributed by atoms with E-state index < -0.39 is 0 Å². The number of nitrogens with one attached hydrogen (secondary N) is 1. The monoisotopic (exact) mass is 286 g/mol. The summed E-state index contributed by atoms with van der Waals surface area (Å²) in [5, 5.41) is 2.79. The summed E-state index contributed by atoms with van der Waals surface area (Å²) in [5.41, 5.74) is 1.16. The summed E-state index contributed by atoms with van der Waals surface area (Å²) < 4.78 is 5.18. The average Bonchev–Trinajstić information content (AvgIpc) is 2.98. The smallest absolute Gasteiger partial charge is 0.253 e. The molecule has 0 aliphatic heterocycles. The Morgan fingerprint density at radius 1 is 1.19 bits per heavy atom. The number of aryl methyl sites for hydroxylation is 1. The second kappa shape index (κ2) is 6.74. The molecule has 1 aromatic carbocycles. The number of hydrogen-bond acceptors (Lipinski definition) is 3. The van der Waals surface area contributed by atoms with E-state index in [9.17, 15) is 9.59 Å². The second-order valence-electron chi connectivity index (χ2n) is 4.91. The van der Waals surface area contributed by atoms with E-state index in [1.807, 2.05) is 6.07 Å². The van der Waals surface area contributed by atoms with Gasteiger partial charge in [0, 0.05) is 38.2 Å². The van der Waals surface area contributed by atoms with Crippen molar-refractivity contribution in [1.29, 1.82) is 0 Å². The van der Waals surface area contributed by atoms with Crippen molar-refractivity contribution >= 4 is 17.5 Å². The predicted octanol–water partition coefficient (Wildman–Crippen LogP) is 2.55. The van der Waals surface area contributed by atoms with Gasteiger partial charge < -0.3 is 14.6 Å². The normalized spacial score (nSPS) is 10.2. The van der Waals surface area contributed by atoms with Crippen molar-refractivity contribution in [3.63, 3.8) is 0 Å². The Bertz CT molecular complexity index is 618. The summed E-state index contributed by atoms with van der Waals surface area (Å²) in [6.45, 7) is 0. The second-order valence-corrected chi connectivity index (χ2v) is 4.91. The zero-order valence-electron chi connectivity index (χ0n) is 12.1. The van der Waals surface area contributed by atoms with Gasteiger partial charge >= 0.3 is 0 Å². The van der Waals surface area contributed by atoms with Crippen LogP contribution in [0.2, 0.25) is 0 Å². The van der Waals surface area contributed by atoms with Gasteiger partial charge in [-0.1, -0.05) is 6.07 Å². The van der Waals surface area contributed by atoms with Crippen LogP contribution in [0.3, 0.4) is 0 Å². The molecule has 2 rings (SSSR count). The van der Waals surface area contributed by atoms with E-state index in [-0.39, 0.29) is 11.8 Å². The number of furan rings is 1. The van der Waals surface area contributed by atoms with E-state index >= 15 is 0 Å². The van der Waals surface area contributed by atoms with Crippen LogP contribution in [0.15, 0.2) is 47.1 Å². The van der Waals surface area contributed by atoms with Crippen LogP contribution in [0, 0.1) is 0 Å². The fraction of sp³-hybridized carbons (Fsp3) is 0.250. The van der Waals surface area contributed by atoms with E-state index in [0.29, 0.717) is 24.1 Å². The molecule has 0 atom stereocenters. The fourth-order valence-electron chi connectivity index (χ4n) is 1.90. The molecular formula is C16H18N2O3. The number of anilines is 1. The van der Waals surface area contributed by atoms with Crippen molar-refractivity contribution < 1.29 is 14.0 Å². The van der Waals surface area contributed by atoms with Crippen molar-refractivity contribution in [1.82, 2.24) is 4.90 Å². The Morgan fingerprint density at radius 2 is 2.00 bits per heavy atom. The highest BCUT2D eigenvalue weighted by Crippen LogP contribution is 2.13. The zero-order chi connectivity index (χ0) is 15.2. The molecule has 0 fully saturated rings. The van der Waals surface area contributed by atoms with Gasteiger partial charge in [-0.15, -0.1) is 0 Å². The van der Waals surface area contributed by atoms with Crippen LogP contribution in [0.25, 0.3) is 0 Å². The molecule has 110 valence electrons. The van der Waals surface area contributed by atoms with Crippen LogP contribution >= 0.6 is 0 Å². The van der Waals surface area contributed by atoms with E-state index in [2.05, 4.69) is 5.32 Å². The Kier molecular flexibility index (Phi) is 4.77. The van der Waals surface area contributed by atoms with Crippen LogP contribution in [0.5, 0.6) is 0 Å². The lowest BCUT2D eigenvalue weighted by molar-refractivity contribution is -0.116. The van der Waals surface area contributed by atoms with Gasteiger partial charge in [-0.3, -0.25) is 9.59 Å². The molecule has 0 spiro atoms. The first kappa shape index (κ1) is 14.8. The van der Waals surface area contributed by atoms with Gasteiger partial charge in [-0.25, -0.2) is 0 Å². The topological polar surface area (TPSA) is 62.6 Å². The third-order valence-corrected chi connectivity index (χ3v) is 2.98. The molecule has 1 N–H and O–H groups in total. The molecule has 2 aromatic rings. The average molecular weight is 286 g/mol. The van der Waals surface area contributed by atoms with E-state index in [0.717, 1.165) is 5.76 Å². The Hall–Kier alpha value is -2.56. The third kappa shape index (κ3) is 4.21. The first-order valence-electron chi connectivity index (χ1n) is 6.70. The Morgan fingerprint density at radius 3 is 2.67 bits per heavy atom. The van der Waals surface area contributed by atoms with Crippen molar-refractivity contribution in [3.05, 3.63) is 54.0 Å². The SMILES string of the molecule is CN(C)C(=O)c1cccc(NC(=O)CCc2ccco2)c1. The highest BCUT2D eigenvalue weighted by Gasteiger charge is 2.10. The third-order valence-electron chi connectivity index (χ3n) is 2.98. The van der Waals surface area contributed by atoms with Gasteiger partial charge in [-0.2, -0.15) is 0 Å². The molecule has 0 aliphatic carbocycles. The lowest BCUT2D eigenvalue weighted by Crippen LogP contribution is -2.22. The maximum Gasteiger partial charge on any atom is 0.253 e. The summed E-state index contributed by atoms with van der Waals surface area (Å²) in [6.07, 6.45) is 2.47. The lowest BCUT2D eigenvalue weighted by Gasteiger charge is -2.11. The van der Waals surface area contributed by atoms with Gasteiger partial charge in [0.15, 0.2) is 0 Å². The molecule has 0 aliphatic rings. The maximum atomic E-state index is 11.9. The molecule has 0 saturated heterocycles. The lowest BCUT2D eigenvalue weighted by atomic mass is 10.1. The number of amides is 2. The minimum atomic E-state index is -0.110. The van der Waals surface area contributed by atoms with Crippen LogP contribution in [-0.2, 0) is 11.2 Å². The molecule has 1 heterocycles.